The van der Waals surface area contributed by atoms with E-state index in [-0.39, 0.29) is 6.10 Å². The van der Waals surface area contributed by atoms with Crippen LogP contribution in [0.4, 0.5) is 0 Å². The Hall–Kier alpha value is -1.23. The molecule has 0 spiro atoms. The maximum atomic E-state index is 6.10. The first kappa shape index (κ1) is 23.1. The Morgan fingerprint density at radius 2 is 1.75 bits per heavy atom. The number of hydrogen-bond donors (Lipinski definition) is 0. The first-order chi connectivity index (χ1) is 13.7. The fourth-order valence-corrected chi connectivity index (χ4v) is 3.31. The topological polar surface area (TPSA) is 36.3 Å². The van der Waals surface area contributed by atoms with Gasteiger partial charge in [0.05, 0.1) is 22.9 Å². The van der Waals surface area contributed by atoms with Crippen molar-refractivity contribution in [2.45, 2.75) is 70.9 Å². The normalized spacial score (nSPS) is 12.2. The van der Waals surface area contributed by atoms with Gasteiger partial charge in [-0.25, -0.2) is 4.98 Å². The predicted molar refractivity (Wildman–Crippen MR) is 117 cm³/mol. The zero-order chi connectivity index (χ0) is 20.0. The lowest BCUT2D eigenvalue weighted by molar-refractivity contribution is 0.00807. The highest BCUT2D eigenvalue weighted by atomic mass is 35.5. The van der Waals surface area contributed by atoms with E-state index in [1.807, 2.05) is 16.8 Å². The molecule has 1 aromatic heterocycles. The van der Waals surface area contributed by atoms with Crippen LogP contribution in [-0.4, -0.2) is 28.9 Å². The second-order valence-corrected chi connectivity index (χ2v) is 7.93. The van der Waals surface area contributed by atoms with Gasteiger partial charge in [-0.15, -0.1) is 0 Å². The largest absolute Gasteiger partial charge is 0.491 e. The number of nitrogens with zero attached hydrogens (tertiary/aromatic N) is 2. The summed E-state index contributed by atoms with van der Waals surface area (Å²) in [5.74, 6) is 0.695. The summed E-state index contributed by atoms with van der Waals surface area (Å²) in [6.07, 6.45) is 15.8. The van der Waals surface area contributed by atoms with Crippen LogP contribution in [0, 0.1) is 0 Å². The number of halogens is 2. The molecule has 1 unspecified atom stereocenters. The highest BCUT2D eigenvalue weighted by molar-refractivity contribution is 6.42. The van der Waals surface area contributed by atoms with Gasteiger partial charge in [0.1, 0.15) is 18.5 Å². The van der Waals surface area contributed by atoms with Crippen molar-refractivity contribution < 1.29 is 9.47 Å². The van der Waals surface area contributed by atoms with Crippen LogP contribution >= 0.6 is 23.2 Å². The minimum Gasteiger partial charge on any atom is -0.491 e. The summed E-state index contributed by atoms with van der Waals surface area (Å²) in [6, 6.07) is 5.29. The fraction of sp³-hybridized carbons (Fsp3) is 0.591. The van der Waals surface area contributed by atoms with E-state index in [1.54, 1.807) is 24.7 Å². The molecule has 0 aliphatic rings. The first-order valence-corrected chi connectivity index (χ1v) is 11.1. The van der Waals surface area contributed by atoms with Crippen LogP contribution in [0.2, 0.25) is 10.0 Å². The SMILES string of the molecule is CCCCCCCCCCOC(COc1ccc(Cl)c(Cl)c1)Cn1ccnc1. The summed E-state index contributed by atoms with van der Waals surface area (Å²) in [6.45, 7) is 4.16. The molecule has 0 saturated carbocycles. The van der Waals surface area contributed by atoms with Crippen molar-refractivity contribution in [1.29, 1.82) is 0 Å². The third-order valence-electron chi connectivity index (χ3n) is 4.65. The molecule has 0 N–H and O–H groups in total. The van der Waals surface area contributed by atoms with Crippen molar-refractivity contribution in [2.75, 3.05) is 13.2 Å². The lowest BCUT2D eigenvalue weighted by atomic mass is 10.1. The van der Waals surface area contributed by atoms with Gasteiger partial charge in [-0.3, -0.25) is 0 Å². The number of hydrogen-bond acceptors (Lipinski definition) is 3. The molecule has 1 aromatic carbocycles. The Morgan fingerprint density at radius 1 is 1.00 bits per heavy atom. The summed E-state index contributed by atoms with van der Waals surface area (Å²) >= 11 is 12.0. The average molecular weight is 427 g/mol. The van der Waals surface area contributed by atoms with E-state index in [4.69, 9.17) is 32.7 Å². The molecule has 0 bridgehead atoms. The summed E-state index contributed by atoms with van der Waals surface area (Å²) in [5, 5.41) is 1.01. The summed E-state index contributed by atoms with van der Waals surface area (Å²) in [7, 11) is 0. The van der Waals surface area contributed by atoms with Crippen LogP contribution in [0.3, 0.4) is 0 Å². The van der Waals surface area contributed by atoms with Gasteiger partial charge in [-0.05, 0) is 18.6 Å². The van der Waals surface area contributed by atoms with E-state index in [9.17, 15) is 0 Å². The lowest BCUT2D eigenvalue weighted by Gasteiger charge is -2.19. The van der Waals surface area contributed by atoms with Crippen molar-refractivity contribution in [1.82, 2.24) is 9.55 Å². The summed E-state index contributed by atoms with van der Waals surface area (Å²) in [4.78, 5) is 4.10. The smallest absolute Gasteiger partial charge is 0.121 e. The van der Waals surface area contributed by atoms with E-state index in [2.05, 4.69) is 11.9 Å². The van der Waals surface area contributed by atoms with Gasteiger partial charge in [0.25, 0.3) is 0 Å². The van der Waals surface area contributed by atoms with E-state index in [0.29, 0.717) is 28.9 Å². The second kappa shape index (κ2) is 13.9. The van der Waals surface area contributed by atoms with Crippen LogP contribution < -0.4 is 4.74 Å². The Bertz CT molecular complexity index is 650. The van der Waals surface area contributed by atoms with Gasteiger partial charge >= 0.3 is 0 Å². The molecular formula is C22H32Cl2N2O2. The Labute approximate surface area is 179 Å². The Kier molecular flexibility index (Phi) is 11.4. The first-order valence-electron chi connectivity index (χ1n) is 10.3. The van der Waals surface area contributed by atoms with Crippen LogP contribution in [0.15, 0.2) is 36.9 Å². The number of unbranched alkanes of at least 4 members (excludes halogenated alkanes) is 7. The molecule has 0 aliphatic carbocycles. The molecule has 1 heterocycles. The second-order valence-electron chi connectivity index (χ2n) is 7.11. The van der Waals surface area contributed by atoms with Gasteiger partial charge in [0.2, 0.25) is 0 Å². The Balaban J connectivity index is 1.70. The molecular weight excluding hydrogens is 395 g/mol. The van der Waals surface area contributed by atoms with Gasteiger partial charge in [0.15, 0.2) is 0 Å². The monoisotopic (exact) mass is 426 g/mol. The van der Waals surface area contributed by atoms with Crippen molar-refractivity contribution >= 4 is 23.2 Å². The molecule has 156 valence electrons. The van der Waals surface area contributed by atoms with Gasteiger partial charge in [0, 0.05) is 25.1 Å². The van der Waals surface area contributed by atoms with Gasteiger partial charge in [-0.1, -0.05) is 75.1 Å². The Morgan fingerprint density at radius 3 is 2.43 bits per heavy atom. The quantitative estimate of drug-likeness (QED) is 0.294. The molecule has 2 rings (SSSR count). The number of imidazole rings is 1. The number of ether oxygens (including phenoxy) is 2. The van der Waals surface area contributed by atoms with Crippen molar-refractivity contribution in [3.05, 3.63) is 47.0 Å². The molecule has 0 saturated heterocycles. The van der Waals surface area contributed by atoms with Gasteiger partial charge < -0.3 is 14.0 Å². The van der Waals surface area contributed by atoms with Crippen LogP contribution in [0.5, 0.6) is 5.75 Å². The third kappa shape index (κ3) is 9.31. The molecule has 2 aromatic rings. The highest BCUT2D eigenvalue weighted by Gasteiger charge is 2.12. The number of aromatic nitrogens is 2. The van der Waals surface area contributed by atoms with E-state index in [0.717, 1.165) is 13.0 Å². The molecule has 28 heavy (non-hydrogen) atoms. The highest BCUT2D eigenvalue weighted by Crippen LogP contribution is 2.26. The van der Waals surface area contributed by atoms with Crippen LogP contribution in [-0.2, 0) is 11.3 Å². The van der Waals surface area contributed by atoms with Gasteiger partial charge in [-0.2, -0.15) is 0 Å². The molecule has 6 heteroatoms. The summed E-state index contributed by atoms with van der Waals surface area (Å²) < 4.78 is 14.0. The van der Waals surface area contributed by atoms with E-state index < -0.39 is 0 Å². The zero-order valence-corrected chi connectivity index (χ0v) is 18.3. The van der Waals surface area contributed by atoms with Crippen molar-refractivity contribution in [2.24, 2.45) is 0 Å². The number of rotatable bonds is 15. The van der Waals surface area contributed by atoms with E-state index >= 15 is 0 Å². The molecule has 0 amide bonds. The maximum absolute atomic E-state index is 6.10. The standard InChI is InChI=1S/C22H32Cl2N2O2/c1-2-3-4-5-6-7-8-9-14-27-20(16-26-13-12-25-18-26)17-28-19-10-11-21(23)22(24)15-19/h10-13,15,18,20H,2-9,14,16-17H2,1H3. The summed E-state index contributed by atoms with van der Waals surface area (Å²) in [5.41, 5.74) is 0. The molecule has 1 atom stereocenters. The fourth-order valence-electron chi connectivity index (χ4n) is 3.03. The minimum atomic E-state index is -0.0480. The molecule has 0 aliphatic heterocycles. The molecule has 4 nitrogen and oxygen atoms in total. The van der Waals surface area contributed by atoms with Crippen molar-refractivity contribution in [3.8, 4) is 5.75 Å². The zero-order valence-electron chi connectivity index (χ0n) is 16.8. The van der Waals surface area contributed by atoms with E-state index in [1.165, 1.54) is 44.9 Å². The van der Waals surface area contributed by atoms with Crippen molar-refractivity contribution in [3.63, 3.8) is 0 Å². The lowest BCUT2D eigenvalue weighted by Crippen LogP contribution is -2.27. The molecule has 0 radical (unpaired) electrons. The predicted octanol–water partition coefficient (Wildman–Crippen LogP) is 6.79. The maximum Gasteiger partial charge on any atom is 0.121 e. The van der Waals surface area contributed by atoms with Crippen LogP contribution in [0.1, 0.15) is 58.3 Å². The third-order valence-corrected chi connectivity index (χ3v) is 5.39. The number of benzene rings is 1. The van der Waals surface area contributed by atoms with Crippen LogP contribution in [0.25, 0.3) is 0 Å². The molecule has 0 fully saturated rings. The average Bonchev–Trinajstić information content (AvgIpc) is 3.20. The minimum absolute atomic E-state index is 0.0480.